The summed E-state index contributed by atoms with van der Waals surface area (Å²) >= 11 is 0. The minimum atomic E-state index is -0.661. The topological polar surface area (TPSA) is 95.9 Å². The number of carbonyl (C=O) groups excluding carboxylic acids is 2. The average molecular weight is 961 g/mol. The van der Waals surface area contributed by atoms with Crippen molar-refractivity contribution in [2.45, 2.75) is 360 Å². The van der Waals surface area contributed by atoms with Gasteiger partial charge in [0.1, 0.15) is 0 Å². The van der Waals surface area contributed by atoms with Gasteiger partial charge in [0.05, 0.1) is 25.4 Å². The molecule has 0 aliphatic carbocycles. The highest BCUT2D eigenvalue weighted by atomic mass is 16.5. The Bertz CT molecular complexity index is 1020. The zero-order valence-electron chi connectivity index (χ0n) is 46.1. The number of hydrogen-bond donors (Lipinski definition) is 3. The highest BCUT2D eigenvalue weighted by Crippen LogP contribution is 2.18. The molecular weight excluding hydrogens is 839 g/mol. The van der Waals surface area contributed by atoms with E-state index in [1.807, 2.05) is 0 Å². The van der Waals surface area contributed by atoms with Gasteiger partial charge in [-0.25, -0.2) is 0 Å². The van der Waals surface area contributed by atoms with Crippen LogP contribution in [0.15, 0.2) is 12.2 Å². The van der Waals surface area contributed by atoms with Gasteiger partial charge in [0.15, 0.2) is 0 Å². The van der Waals surface area contributed by atoms with Crippen LogP contribution in [-0.4, -0.2) is 47.4 Å². The molecule has 0 bridgehead atoms. The van der Waals surface area contributed by atoms with Crippen LogP contribution in [0.3, 0.4) is 0 Å². The third-order valence-corrected chi connectivity index (χ3v) is 14.6. The summed E-state index contributed by atoms with van der Waals surface area (Å²) in [5.41, 5.74) is 0. The van der Waals surface area contributed by atoms with Crippen molar-refractivity contribution in [2.75, 3.05) is 13.2 Å². The Morgan fingerprint density at radius 1 is 0.397 bits per heavy atom. The molecule has 0 aromatic rings. The number of ether oxygens (including phenoxy) is 1. The molecule has 2 unspecified atom stereocenters. The third-order valence-electron chi connectivity index (χ3n) is 14.6. The van der Waals surface area contributed by atoms with Crippen molar-refractivity contribution in [2.24, 2.45) is 0 Å². The largest absolute Gasteiger partial charge is 0.466 e. The molecule has 0 saturated heterocycles. The fourth-order valence-electron chi connectivity index (χ4n) is 9.81. The second-order valence-corrected chi connectivity index (χ2v) is 21.4. The summed E-state index contributed by atoms with van der Waals surface area (Å²) in [7, 11) is 0. The Morgan fingerprint density at radius 3 is 1.06 bits per heavy atom. The van der Waals surface area contributed by atoms with Gasteiger partial charge in [-0.2, -0.15) is 0 Å². The number of carbonyl (C=O) groups is 2. The van der Waals surface area contributed by atoms with Gasteiger partial charge in [-0.15, -0.1) is 0 Å². The second-order valence-electron chi connectivity index (χ2n) is 21.4. The molecule has 0 radical (unpaired) electrons. The fourth-order valence-corrected chi connectivity index (χ4v) is 9.81. The maximum atomic E-state index is 12.5. The lowest BCUT2D eigenvalue weighted by molar-refractivity contribution is -0.143. The van der Waals surface area contributed by atoms with E-state index < -0.39 is 12.1 Å². The first-order valence-corrected chi connectivity index (χ1v) is 30.9. The Balaban J connectivity index is 3.34. The second kappa shape index (κ2) is 58.2. The molecular formula is C62H121NO5. The summed E-state index contributed by atoms with van der Waals surface area (Å²) in [5, 5.41) is 23.3. The van der Waals surface area contributed by atoms with E-state index in [2.05, 4.69) is 31.3 Å². The molecule has 2 atom stereocenters. The lowest BCUT2D eigenvalue weighted by Crippen LogP contribution is -2.45. The predicted molar refractivity (Wildman–Crippen MR) is 297 cm³/mol. The van der Waals surface area contributed by atoms with E-state index in [4.69, 9.17) is 4.74 Å². The van der Waals surface area contributed by atoms with Crippen LogP contribution >= 0.6 is 0 Å². The quantitative estimate of drug-likeness (QED) is 0.0321. The Hall–Kier alpha value is -1.40. The SMILES string of the molecule is CCCCCC/C=C\CCCCCCCC(=O)OCCCCCCCCCCCCCCCCCCCCCCCCCCCC(=O)NC(CO)C(O)CCCCCCCCCCCCCCC. The van der Waals surface area contributed by atoms with Gasteiger partial charge in [-0.05, 0) is 51.4 Å². The van der Waals surface area contributed by atoms with Gasteiger partial charge in [-0.1, -0.05) is 296 Å². The van der Waals surface area contributed by atoms with Crippen LogP contribution in [0.4, 0.5) is 0 Å². The smallest absolute Gasteiger partial charge is 0.305 e. The molecule has 0 aromatic carbocycles. The summed E-state index contributed by atoms with van der Waals surface area (Å²) in [6, 6.07) is -0.538. The van der Waals surface area contributed by atoms with Crippen molar-refractivity contribution in [1.82, 2.24) is 5.32 Å². The normalized spacial score (nSPS) is 12.6. The maximum absolute atomic E-state index is 12.5. The lowest BCUT2D eigenvalue weighted by atomic mass is 10.0. The number of allylic oxidation sites excluding steroid dienone is 2. The van der Waals surface area contributed by atoms with Crippen molar-refractivity contribution in [3.63, 3.8) is 0 Å². The van der Waals surface area contributed by atoms with Crippen molar-refractivity contribution >= 4 is 11.9 Å². The van der Waals surface area contributed by atoms with Gasteiger partial charge in [-0.3, -0.25) is 9.59 Å². The molecule has 6 nitrogen and oxygen atoms in total. The van der Waals surface area contributed by atoms with E-state index in [0.717, 1.165) is 44.9 Å². The first-order chi connectivity index (χ1) is 33.5. The monoisotopic (exact) mass is 960 g/mol. The number of rotatable bonds is 58. The summed E-state index contributed by atoms with van der Waals surface area (Å²) in [6.07, 6.45) is 69.4. The van der Waals surface area contributed by atoms with E-state index in [0.29, 0.717) is 25.9 Å². The summed E-state index contributed by atoms with van der Waals surface area (Å²) in [4.78, 5) is 24.5. The van der Waals surface area contributed by atoms with Crippen LogP contribution < -0.4 is 5.32 Å². The van der Waals surface area contributed by atoms with Crippen LogP contribution in [0.25, 0.3) is 0 Å². The Morgan fingerprint density at radius 2 is 0.691 bits per heavy atom. The Labute approximate surface area is 425 Å². The number of aliphatic hydroxyl groups excluding tert-OH is 2. The lowest BCUT2D eigenvalue weighted by Gasteiger charge is -2.22. The molecule has 1 amide bonds. The minimum Gasteiger partial charge on any atom is -0.466 e. The molecule has 6 heteroatoms. The number of unbranched alkanes of at least 4 members (excludes halogenated alkanes) is 45. The molecule has 404 valence electrons. The van der Waals surface area contributed by atoms with Gasteiger partial charge >= 0.3 is 5.97 Å². The van der Waals surface area contributed by atoms with E-state index >= 15 is 0 Å². The molecule has 3 N–H and O–H groups in total. The molecule has 0 spiro atoms. The molecule has 0 rings (SSSR count). The van der Waals surface area contributed by atoms with E-state index in [1.165, 1.54) is 270 Å². The van der Waals surface area contributed by atoms with Gasteiger partial charge in [0.25, 0.3) is 0 Å². The molecule has 0 aromatic heterocycles. The zero-order valence-corrected chi connectivity index (χ0v) is 46.1. The molecule has 0 saturated carbocycles. The molecule has 68 heavy (non-hydrogen) atoms. The van der Waals surface area contributed by atoms with E-state index in [1.54, 1.807) is 0 Å². The first kappa shape index (κ1) is 66.6. The molecule has 0 aliphatic heterocycles. The zero-order chi connectivity index (χ0) is 49.3. The van der Waals surface area contributed by atoms with Crippen molar-refractivity contribution in [3.8, 4) is 0 Å². The number of hydrogen-bond acceptors (Lipinski definition) is 5. The molecule has 0 aliphatic rings. The van der Waals surface area contributed by atoms with Crippen molar-refractivity contribution in [3.05, 3.63) is 12.2 Å². The van der Waals surface area contributed by atoms with Gasteiger partial charge in [0, 0.05) is 12.8 Å². The highest BCUT2D eigenvalue weighted by molar-refractivity contribution is 5.76. The van der Waals surface area contributed by atoms with Crippen molar-refractivity contribution < 1.29 is 24.5 Å². The average Bonchev–Trinajstić information content (AvgIpc) is 3.34. The Kier molecular flexibility index (Phi) is 57.0. The number of nitrogens with one attached hydrogen (secondary N) is 1. The van der Waals surface area contributed by atoms with Crippen LogP contribution in [0.5, 0.6) is 0 Å². The summed E-state index contributed by atoms with van der Waals surface area (Å²) < 4.78 is 5.47. The van der Waals surface area contributed by atoms with Crippen LogP contribution in [0.1, 0.15) is 348 Å². The van der Waals surface area contributed by atoms with Gasteiger partial charge in [0.2, 0.25) is 5.91 Å². The van der Waals surface area contributed by atoms with Gasteiger partial charge < -0.3 is 20.3 Å². The molecule has 0 fully saturated rings. The predicted octanol–water partition coefficient (Wildman–Crippen LogP) is 19.2. The highest BCUT2D eigenvalue weighted by Gasteiger charge is 2.20. The van der Waals surface area contributed by atoms with E-state index in [-0.39, 0.29) is 18.5 Å². The number of amides is 1. The fraction of sp³-hybridized carbons (Fsp3) is 0.935. The minimum absolute atomic E-state index is 0.00763. The van der Waals surface area contributed by atoms with Crippen LogP contribution in [-0.2, 0) is 14.3 Å². The third kappa shape index (κ3) is 53.9. The maximum Gasteiger partial charge on any atom is 0.305 e. The first-order valence-electron chi connectivity index (χ1n) is 30.9. The number of esters is 1. The van der Waals surface area contributed by atoms with E-state index in [9.17, 15) is 19.8 Å². The standard InChI is InChI=1S/C62H121NO5/c1-3-5-7-9-11-13-15-30-34-38-42-46-50-54-60(65)59(58-64)63-61(66)55-51-47-43-39-35-32-28-26-24-22-20-18-17-19-21-23-25-27-29-33-37-41-45-49-53-57-68-62(67)56-52-48-44-40-36-31-16-14-12-10-8-6-4-2/h14,16,59-60,64-65H,3-13,15,17-58H2,1-2H3,(H,63,66)/b16-14-. The van der Waals surface area contributed by atoms with Crippen LogP contribution in [0.2, 0.25) is 0 Å². The summed E-state index contributed by atoms with van der Waals surface area (Å²) in [6.45, 7) is 4.95. The molecule has 0 heterocycles. The summed E-state index contributed by atoms with van der Waals surface area (Å²) in [5.74, 6) is -0.0240. The number of aliphatic hydroxyl groups is 2. The van der Waals surface area contributed by atoms with Crippen LogP contribution in [0, 0.1) is 0 Å². The van der Waals surface area contributed by atoms with Crippen molar-refractivity contribution in [1.29, 1.82) is 0 Å².